The number of ether oxygens (including phenoxy) is 2. The molecule has 1 atom stereocenters. The van der Waals surface area contributed by atoms with Gasteiger partial charge in [-0.15, -0.1) is 0 Å². The zero-order chi connectivity index (χ0) is 22.1. The van der Waals surface area contributed by atoms with E-state index in [2.05, 4.69) is 0 Å². The van der Waals surface area contributed by atoms with E-state index >= 15 is 0 Å². The molecule has 8 nitrogen and oxygen atoms in total. The van der Waals surface area contributed by atoms with Gasteiger partial charge in [-0.1, -0.05) is 18.2 Å². The van der Waals surface area contributed by atoms with Crippen LogP contribution in [0.2, 0.25) is 0 Å². The zero-order valence-electron chi connectivity index (χ0n) is 15.7. The van der Waals surface area contributed by atoms with Crippen LogP contribution in [0.25, 0.3) is 0 Å². The molecule has 1 saturated heterocycles. The Morgan fingerprint density at radius 2 is 1.67 bits per heavy atom. The van der Waals surface area contributed by atoms with Crippen molar-refractivity contribution in [2.75, 3.05) is 19.1 Å². The molecule has 1 aliphatic heterocycles. The molecule has 1 heterocycles. The molecule has 0 radical (unpaired) electrons. The summed E-state index contributed by atoms with van der Waals surface area (Å²) in [7, 11) is 2.64. The van der Waals surface area contributed by atoms with E-state index < -0.39 is 29.7 Å². The lowest BCUT2D eigenvalue weighted by Crippen LogP contribution is -2.69. The van der Waals surface area contributed by atoms with Gasteiger partial charge in [-0.3, -0.25) is 14.9 Å². The predicted octanol–water partition coefficient (Wildman–Crippen LogP) is 2.45. The maximum Gasteiger partial charge on any atom is 0.440 e. The third-order valence-electron chi connectivity index (χ3n) is 4.41. The van der Waals surface area contributed by atoms with Crippen LogP contribution < -0.4 is 25.0 Å². The lowest BCUT2D eigenvalue weighted by molar-refractivity contribution is -0.197. The number of hydrogen-bond donors (Lipinski definition) is 2. The van der Waals surface area contributed by atoms with Crippen molar-refractivity contribution in [1.82, 2.24) is 10.6 Å². The predicted molar refractivity (Wildman–Crippen MR) is 98.3 cm³/mol. The Morgan fingerprint density at radius 1 is 1.03 bits per heavy atom. The molecule has 30 heavy (non-hydrogen) atoms. The van der Waals surface area contributed by atoms with E-state index in [4.69, 9.17) is 9.47 Å². The van der Waals surface area contributed by atoms with Gasteiger partial charge in [0.15, 0.2) is 11.5 Å². The molecular weight excluding hydrogens is 407 g/mol. The molecule has 0 unspecified atom stereocenters. The third-order valence-corrected chi connectivity index (χ3v) is 4.41. The van der Waals surface area contributed by atoms with Crippen molar-refractivity contribution in [3.05, 3.63) is 54.1 Å². The molecule has 2 aromatic rings. The molecular formula is C19H16F3N3O5. The number of nitrogens with one attached hydrogen (secondary N) is 2. The van der Waals surface area contributed by atoms with Crippen molar-refractivity contribution >= 4 is 23.5 Å². The number of carbonyl (C=O) groups excluding carboxylic acids is 3. The van der Waals surface area contributed by atoms with E-state index in [1.165, 1.54) is 50.6 Å². The average Bonchev–Trinajstić information content (AvgIpc) is 2.98. The summed E-state index contributed by atoms with van der Waals surface area (Å²) in [6.07, 6.45) is -5.32. The summed E-state index contributed by atoms with van der Waals surface area (Å²) in [5.41, 5.74) is -3.95. The normalized spacial score (nSPS) is 18.8. The Bertz CT molecular complexity index is 997. The summed E-state index contributed by atoms with van der Waals surface area (Å²) in [5, 5.41) is 3.22. The van der Waals surface area contributed by atoms with Gasteiger partial charge in [0.25, 0.3) is 17.5 Å². The van der Waals surface area contributed by atoms with E-state index in [9.17, 15) is 27.6 Å². The average molecular weight is 423 g/mol. The standard InChI is InChI=1S/C19H16F3N3O5/c1-29-13-9-8-11(10-14(13)30-2)15(26)23-18(19(20,21)22)16(27)25(17(28)24-18)12-6-4-3-5-7-12/h3-10H,1-2H3,(H,23,26)(H,24,28)/t18-/m1/s1. The van der Waals surface area contributed by atoms with Crippen molar-refractivity contribution in [3.8, 4) is 11.5 Å². The second-order valence-corrected chi connectivity index (χ2v) is 6.18. The topological polar surface area (TPSA) is 97.0 Å². The van der Waals surface area contributed by atoms with Crippen molar-refractivity contribution in [2.45, 2.75) is 11.8 Å². The Hall–Kier alpha value is -3.76. The molecule has 1 aliphatic rings. The quantitative estimate of drug-likeness (QED) is 0.721. The molecule has 2 aromatic carbocycles. The third kappa shape index (κ3) is 3.38. The number of carbonyl (C=O) groups is 3. The molecule has 4 amide bonds. The number of anilines is 1. The molecule has 0 bridgehead atoms. The van der Waals surface area contributed by atoms with E-state index in [-0.39, 0.29) is 22.7 Å². The second kappa shape index (κ2) is 7.58. The number of methoxy groups -OCH3 is 2. The van der Waals surface area contributed by atoms with Crippen LogP contribution in [0.4, 0.5) is 23.7 Å². The molecule has 0 aromatic heterocycles. The smallest absolute Gasteiger partial charge is 0.440 e. The van der Waals surface area contributed by atoms with Crippen LogP contribution in [0.1, 0.15) is 10.4 Å². The number of alkyl halides is 3. The van der Waals surface area contributed by atoms with Gasteiger partial charge in [0.1, 0.15) is 0 Å². The van der Waals surface area contributed by atoms with E-state index in [1.54, 1.807) is 16.7 Å². The van der Waals surface area contributed by atoms with Gasteiger partial charge >= 0.3 is 12.2 Å². The second-order valence-electron chi connectivity index (χ2n) is 6.18. The molecule has 11 heteroatoms. The first-order chi connectivity index (χ1) is 14.1. The zero-order valence-corrected chi connectivity index (χ0v) is 15.7. The molecule has 0 aliphatic carbocycles. The van der Waals surface area contributed by atoms with Crippen LogP contribution in [0.15, 0.2) is 48.5 Å². The number of urea groups is 1. The highest BCUT2D eigenvalue weighted by Crippen LogP contribution is 2.36. The molecule has 158 valence electrons. The summed E-state index contributed by atoms with van der Waals surface area (Å²) in [6, 6.07) is 9.39. The number of hydrogen-bond acceptors (Lipinski definition) is 5. The summed E-state index contributed by atoms with van der Waals surface area (Å²) in [6.45, 7) is 0. The van der Waals surface area contributed by atoms with Crippen LogP contribution in [0.3, 0.4) is 0 Å². The number of amides is 4. The Kier molecular flexibility index (Phi) is 5.29. The minimum Gasteiger partial charge on any atom is -0.493 e. The first kappa shape index (κ1) is 21.0. The highest BCUT2D eigenvalue weighted by atomic mass is 19.4. The molecule has 3 rings (SSSR count). The number of halogens is 3. The Morgan fingerprint density at radius 3 is 2.23 bits per heavy atom. The Balaban J connectivity index is 1.99. The molecule has 0 saturated carbocycles. The van der Waals surface area contributed by atoms with Gasteiger partial charge in [-0.05, 0) is 30.3 Å². The maximum atomic E-state index is 13.9. The van der Waals surface area contributed by atoms with Crippen LogP contribution in [-0.4, -0.2) is 43.9 Å². The van der Waals surface area contributed by atoms with Crippen molar-refractivity contribution < 1.29 is 37.0 Å². The fourth-order valence-electron chi connectivity index (χ4n) is 2.91. The molecule has 1 fully saturated rings. The number of nitrogens with zero attached hydrogens (tertiary/aromatic N) is 1. The minimum atomic E-state index is -5.32. The van der Waals surface area contributed by atoms with Crippen LogP contribution in [-0.2, 0) is 4.79 Å². The van der Waals surface area contributed by atoms with E-state index in [0.717, 1.165) is 6.07 Å². The van der Waals surface area contributed by atoms with Crippen molar-refractivity contribution in [3.63, 3.8) is 0 Å². The van der Waals surface area contributed by atoms with Gasteiger partial charge in [-0.25, -0.2) is 9.69 Å². The van der Waals surface area contributed by atoms with Gasteiger partial charge in [0, 0.05) is 5.56 Å². The summed E-state index contributed by atoms with van der Waals surface area (Å²) < 4.78 is 51.9. The van der Waals surface area contributed by atoms with Crippen molar-refractivity contribution in [1.29, 1.82) is 0 Å². The molecule has 0 spiro atoms. The number of imide groups is 1. The van der Waals surface area contributed by atoms with E-state index in [1.807, 2.05) is 0 Å². The molecule has 2 N–H and O–H groups in total. The number of rotatable bonds is 5. The van der Waals surface area contributed by atoms with Gasteiger partial charge in [0.2, 0.25) is 0 Å². The summed E-state index contributed by atoms with van der Waals surface area (Å²) in [5.74, 6) is -2.59. The fraction of sp³-hybridized carbons (Fsp3) is 0.211. The number of benzene rings is 2. The highest BCUT2D eigenvalue weighted by Gasteiger charge is 2.69. The van der Waals surface area contributed by atoms with Crippen LogP contribution >= 0.6 is 0 Å². The minimum absolute atomic E-state index is 0.0773. The van der Waals surface area contributed by atoms with Gasteiger partial charge < -0.3 is 14.8 Å². The maximum absolute atomic E-state index is 13.9. The van der Waals surface area contributed by atoms with Crippen LogP contribution in [0.5, 0.6) is 11.5 Å². The monoisotopic (exact) mass is 423 g/mol. The fourth-order valence-corrected chi connectivity index (χ4v) is 2.91. The lowest BCUT2D eigenvalue weighted by Gasteiger charge is -2.29. The first-order valence-electron chi connectivity index (χ1n) is 8.47. The summed E-state index contributed by atoms with van der Waals surface area (Å²) in [4.78, 5) is 37.9. The van der Waals surface area contributed by atoms with Gasteiger partial charge in [0.05, 0.1) is 19.9 Å². The SMILES string of the molecule is COc1ccc(C(=O)N[C@@]2(C(F)(F)F)NC(=O)N(c3ccccc3)C2=O)cc1OC. The van der Waals surface area contributed by atoms with E-state index in [0.29, 0.717) is 4.90 Å². The first-order valence-corrected chi connectivity index (χ1v) is 8.47. The highest BCUT2D eigenvalue weighted by molar-refractivity contribution is 6.24. The largest absolute Gasteiger partial charge is 0.493 e. The van der Waals surface area contributed by atoms with Crippen molar-refractivity contribution in [2.24, 2.45) is 0 Å². The number of para-hydroxylation sites is 1. The summed E-state index contributed by atoms with van der Waals surface area (Å²) >= 11 is 0. The lowest BCUT2D eigenvalue weighted by atomic mass is 10.1. The van der Waals surface area contributed by atoms with Crippen LogP contribution in [0, 0.1) is 0 Å². The Labute approximate surface area is 168 Å². The van der Waals surface area contributed by atoms with Gasteiger partial charge in [-0.2, -0.15) is 13.2 Å².